The highest BCUT2D eigenvalue weighted by atomic mass is 127. The first-order chi connectivity index (χ1) is 2.94. The predicted octanol–water partition coefficient (Wildman–Crippen LogP) is 1.66. The maximum Gasteiger partial charge on any atom is 0.266 e. The molecule has 0 saturated carbocycles. The van der Waals surface area contributed by atoms with Gasteiger partial charge in [-0.3, -0.25) is 0 Å². The van der Waals surface area contributed by atoms with E-state index in [1.54, 1.807) is 0 Å². The van der Waals surface area contributed by atoms with Gasteiger partial charge in [0.1, 0.15) is 0 Å². The lowest BCUT2D eigenvalue weighted by atomic mass is 12.0. The molecule has 0 bridgehead atoms. The Kier molecular flexibility index (Phi) is 2.93. The van der Waals surface area contributed by atoms with Crippen molar-refractivity contribution in [3.8, 4) is 0 Å². The van der Waals surface area contributed by atoms with E-state index in [2.05, 4.69) is 0 Å². The van der Waals surface area contributed by atoms with Gasteiger partial charge >= 0.3 is 0 Å². The Morgan fingerprint density at radius 3 is 1.86 bits per heavy atom. The van der Waals surface area contributed by atoms with E-state index in [9.17, 15) is 12.6 Å². The van der Waals surface area contributed by atoms with Gasteiger partial charge in [0.2, 0.25) is 9.46 Å². The predicted molar refractivity (Wildman–Crippen MR) is 36.9 cm³/mol. The number of rotatable bonds is 1. The lowest BCUT2D eigenvalue weighted by molar-refractivity contribution is 0.613. The van der Waals surface area contributed by atoms with Crippen LogP contribution in [-0.2, 0) is 9.46 Å². The van der Waals surface area contributed by atoms with Crippen LogP contribution in [0, 0.1) is 0 Å². The largest absolute Gasteiger partial charge is 0.266 e. The van der Waals surface area contributed by atoms with Gasteiger partial charge in [0.25, 0.3) is 5.08 Å². The smallest absolute Gasteiger partial charge is 0.221 e. The minimum Gasteiger partial charge on any atom is -0.221 e. The molecule has 1 atom stereocenters. The van der Waals surface area contributed by atoms with Gasteiger partial charge in [-0.2, -0.15) is 4.20 Å². The van der Waals surface area contributed by atoms with Crippen molar-refractivity contribution in [2.75, 3.05) is 6.26 Å². The highest BCUT2D eigenvalue weighted by molar-refractivity contribution is 14.2. The van der Waals surface area contributed by atoms with Crippen molar-refractivity contribution in [3.05, 3.63) is 0 Å². The summed E-state index contributed by atoms with van der Waals surface area (Å²) < 4.78 is 31.6. The van der Waals surface area contributed by atoms with Crippen LogP contribution in [0.15, 0.2) is 0 Å². The van der Waals surface area contributed by atoms with Crippen molar-refractivity contribution in [1.82, 2.24) is 0 Å². The van der Waals surface area contributed by atoms with E-state index in [4.69, 9.17) is 0 Å². The van der Waals surface area contributed by atoms with Crippen molar-refractivity contribution in [3.63, 3.8) is 0 Å². The van der Waals surface area contributed by atoms with E-state index in [0.29, 0.717) is 0 Å². The number of hydrogen-bond donors (Lipinski definition) is 0. The molecule has 0 aliphatic rings. The van der Waals surface area contributed by atoms with E-state index < -0.39 is 14.5 Å². The van der Waals surface area contributed by atoms with Crippen LogP contribution in [0.2, 0.25) is 0 Å². The monoisotopic (exact) mass is 256 g/mol. The zero-order chi connectivity index (χ0) is 6.08. The lowest BCUT2D eigenvalue weighted by Crippen LogP contribution is -1.82. The zero-order valence-corrected chi connectivity index (χ0v) is 7.30. The van der Waals surface area contributed by atoms with Crippen LogP contribution in [0.4, 0.5) is 4.20 Å². The molecule has 1 unspecified atom stereocenters. The molecule has 0 N–H and O–H groups in total. The molecule has 0 aromatic heterocycles. The summed E-state index contributed by atoms with van der Waals surface area (Å²) in [5.41, 5.74) is 0. The van der Waals surface area contributed by atoms with Crippen molar-refractivity contribution in [1.29, 1.82) is 0 Å². The lowest BCUT2D eigenvalue weighted by Gasteiger charge is -1.88. The van der Waals surface area contributed by atoms with Crippen LogP contribution in [0.1, 0.15) is 0 Å². The van der Waals surface area contributed by atoms with Gasteiger partial charge in [-0.25, -0.2) is 8.42 Å². The fourth-order valence-electron chi connectivity index (χ4n) is 0. The molecule has 7 heavy (non-hydrogen) atoms. The minimum absolute atomic E-state index is 0.880. The second-order valence-electron chi connectivity index (χ2n) is 0.935. The summed E-state index contributed by atoms with van der Waals surface area (Å²) in [6.45, 7) is 0. The molecule has 44 valence electrons. The quantitative estimate of drug-likeness (QED) is 0.528. The second kappa shape index (κ2) is 2.55. The van der Waals surface area contributed by atoms with Crippen LogP contribution in [-0.4, -0.2) is 14.7 Å². The van der Waals surface area contributed by atoms with Gasteiger partial charge in [0.15, 0.2) is 0 Å². The molecule has 0 saturated heterocycles. The summed E-state index contributed by atoms with van der Waals surface area (Å²) >= 11 is 1.26. The van der Waals surface area contributed by atoms with E-state index in [1.807, 2.05) is 0 Å². The molecule has 0 aromatic rings. The summed E-state index contributed by atoms with van der Waals surface area (Å²) in [5, 5.41) is -2.30. The van der Waals surface area contributed by atoms with Crippen LogP contribution >= 0.6 is 27.1 Å². The molecule has 0 spiro atoms. The van der Waals surface area contributed by atoms with Crippen molar-refractivity contribution in [2.45, 2.75) is 0 Å². The summed E-state index contributed by atoms with van der Waals surface area (Å²) in [7, 11) is -3.36. The molecule has 0 aliphatic heterocycles. The Morgan fingerprint density at radius 1 is 1.71 bits per heavy atom. The fourth-order valence-corrected chi connectivity index (χ4v) is 0. The van der Waals surface area contributed by atoms with Gasteiger partial charge in [0.05, 0.1) is 0 Å². The summed E-state index contributed by atoms with van der Waals surface area (Å²) in [4.78, 5) is 0. The van der Waals surface area contributed by atoms with Gasteiger partial charge in [-0.15, -0.1) is 0 Å². The minimum atomic E-state index is -3.36. The van der Waals surface area contributed by atoms with Gasteiger partial charge in [-0.05, 0) is 0 Å². The Hall–Kier alpha value is 1.04. The average Bonchev–Trinajstić information content (AvgIpc) is 1.31. The molecule has 0 radical (unpaired) electrons. The van der Waals surface area contributed by atoms with Crippen LogP contribution in [0.5, 0.6) is 0 Å². The summed E-state index contributed by atoms with van der Waals surface area (Å²) in [6.07, 6.45) is 0.880. The molecular formula is CH3FIO2PS. The van der Waals surface area contributed by atoms with Gasteiger partial charge in [-0.1, -0.05) is 0 Å². The molecule has 6 heteroatoms. The molecule has 0 heterocycles. The van der Waals surface area contributed by atoms with E-state index >= 15 is 0 Å². The molecule has 0 aliphatic carbocycles. The van der Waals surface area contributed by atoms with Crippen LogP contribution in [0.3, 0.4) is 0 Å². The average molecular weight is 256 g/mol. The van der Waals surface area contributed by atoms with E-state index in [1.165, 1.54) is 22.0 Å². The SMILES string of the molecule is CS(=O)(=O)P(F)I. The highest BCUT2D eigenvalue weighted by Gasteiger charge is 2.14. The van der Waals surface area contributed by atoms with Gasteiger partial charge in [0, 0.05) is 28.3 Å². The second-order valence-corrected chi connectivity index (χ2v) is 10.3. The standard InChI is InChI=1S/CH3FIO2PS/c1-7(4,5)6(2)3/h1H3. The van der Waals surface area contributed by atoms with Crippen molar-refractivity contribution < 1.29 is 12.6 Å². The molecular weight excluding hydrogens is 253 g/mol. The highest BCUT2D eigenvalue weighted by Crippen LogP contribution is 2.51. The Labute approximate surface area is 55.5 Å². The third kappa shape index (κ3) is 3.61. The molecule has 0 amide bonds. The Morgan fingerprint density at radius 2 is 1.86 bits per heavy atom. The van der Waals surface area contributed by atoms with E-state index in [0.717, 1.165) is 6.26 Å². The normalized spacial score (nSPS) is 16.4. The fraction of sp³-hybridized carbons (Fsp3) is 1.00. The van der Waals surface area contributed by atoms with E-state index in [-0.39, 0.29) is 0 Å². The first kappa shape index (κ1) is 8.04. The molecule has 0 fully saturated rings. The molecule has 2 nitrogen and oxygen atoms in total. The van der Waals surface area contributed by atoms with Crippen molar-refractivity contribution in [2.24, 2.45) is 0 Å². The topological polar surface area (TPSA) is 34.1 Å². The number of halogens is 2. The summed E-state index contributed by atoms with van der Waals surface area (Å²) in [5.74, 6) is 0. The van der Waals surface area contributed by atoms with Crippen LogP contribution < -0.4 is 0 Å². The molecule has 0 rings (SSSR count). The van der Waals surface area contributed by atoms with Crippen LogP contribution in [0.25, 0.3) is 0 Å². The third-order valence-electron chi connectivity index (χ3n) is 0.251. The maximum atomic E-state index is 11.7. The van der Waals surface area contributed by atoms with Gasteiger partial charge < -0.3 is 0 Å². The first-order valence-corrected chi connectivity index (χ1v) is 7.78. The Bertz CT molecular complexity index is 140. The van der Waals surface area contributed by atoms with Crippen molar-refractivity contribution >= 4 is 36.6 Å². The third-order valence-corrected chi connectivity index (χ3v) is 8.70. The first-order valence-electron chi connectivity index (χ1n) is 1.26. The zero-order valence-electron chi connectivity index (χ0n) is 3.43. The molecule has 0 aromatic carbocycles. The Balaban J connectivity index is 4.10. The maximum absolute atomic E-state index is 11.7. The summed E-state index contributed by atoms with van der Waals surface area (Å²) in [6, 6.07) is 0. The number of hydrogen-bond acceptors (Lipinski definition) is 2.